The molecule has 0 saturated carbocycles. The molecule has 0 radical (unpaired) electrons. The van der Waals surface area contributed by atoms with Crippen molar-refractivity contribution in [3.05, 3.63) is 65.7 Å². The standard InChI is InChI=1S/C15H6F5N/c16-11-10(12(17)14(19)15(20)13(11)18)9-3-1-2-7-6-21-5-4-8(7)9/h1-6H. The molecule has 2 aromatic carbocycles. The Morgan fingerprint density at radius 2 is 1.33 bits per heavy atom. The van der Waals surface area contributed by atoms with E-state index in [-0.39, 0.29) is 5.56 Å². The molecule has 0 bridgehead atoms. The van der Waals surface area contributed by atoms with E-state index in [2.05, 4.69) is 4.98 Å². The van der Waals surface area contributed by atoms with Gasteiger partial charge in [-0.25, -0.2) is 22.0 Å². The van der Waals surface area contributed by atoms with Crippen molar-refractivity contribution in [1.29, 1.82) is 0 Å². The molecule has 0 N–H and O–H groups in total. The van der Waals surface area contributed by atoms with Crippen LogP contribution in [0.2, 0.25) is 0 Å². The van der Waals surface area contributed by atoms with E-state index in [0.717, 1.165) is 0 Å². The van der Waals surface area contributed by atoms with Crippen LogP contribution in [-0.2, 0) is 0 Å². The summed E-state index contributed by atoms with van der Waals surface area (Å²) in [5, 5.41) is 0.870. The molecule has 0 spiro atoms. The molecule has 1 nitrogen and oxygen atoms in total. The summed E-state index contributed by atoms with van der Waals surface area (Å²) in [5.74, 6) is -9.80. The minimum atomic E-state index is -2.17. The van der Waals surface area contributed by atoms with Gasteiger partial charge in [0.05, 0.1) is 5.56 Å². The molecule has 0 fully saturated rings. The van der Waals surface area contributed by atoms with Crippen LogP contribution in [0.25, 0.3) is 21.9 Å². The Morgan fingerprint density at radius 1 is 0.714 bits per heavy atom. The minimum Gasteiger partial charge on any atom is -0.264 e. The number of pyridine rings is 1. The number of benzene rings is 2. The fraction of sp³-hybridized carbons (Fsp3) is 0. The number of rotatable bonds is 1. The van der Waals surface area contributed by atoms with E-state index in [1.807, 2.05) is 0 Å². The van der Waals surface area contributed by atoms with Crippen molar-refractivity contribution < 1.29 is 22.0 Å². The molecule has 106 valence electrons. The zero-order valence-electron chi connectivity index (χ0n) is 10.3. The molecule has 0 aliphatic heterocycles. The lowest BCUT2D eigenvalue weighted by molar-refractivity contribution is 0.381. The first kappa shape index (κ1) is 13.5. The van der Waals surface area contributed by atoms with Crippen molar-refractivity contribution in [2.45, 2.75) is 0 Å². The number of nitrogens with zero attached hydrogens (tertiary/aromatic N) is 1. The maximum Gasteiger partial charge on any atom is 0.200 e. The summed E-state index contributed by atoms with van der Waals surface area (Å²) in [4.78, 5) is 3.85. The Balaban J connectivity index is 2.44. The van der Waals surface area contributed by atoms with Gasteiger partial charge in [0.2, 0.25) is 5.82 Å². The molecule has 3 rings (SSSR count). The topological polar surface area (TPSA) is 12.9 Å². The second-order valence-electron chi connectivity index (χ2n) is 4.35. The van der Waals surface area contributed by atoms with Gasteiger partial charge in [0, 0.05) is 17.8 Å². The molecule has 1 heterocycles. The third-order valence-electron chi connectivity index (χ3n) is 3.16. The van der Waals surface area contributed by atoms with Crippen LogP contribution in [0.3, 0.4) is 0 Å². The first-order valence-corrected chi connectivity index (χ1v) is 5.87. The largest absolute Gasteiger partial charge is 0.264 e. The summed E-state index contributed by atoms with van der Waals surface area (Å²) >= 11 is 0. The summed E-state index contributed by atoms with van der Waals surface area (Å²) in [5.41, 5.74) is -1.02. The minimum absolute atomic E-state index is 0.0808. The summed E-state index contributed by atoms with van der Waals surface area (Å²) in [6.07, 6.45) is 2.81. The van der Waals surface area contributed by atoms with Gasteiger partial charge in [0.1, 0.15) is 0 Å². The van der Waals surface area contributed by atoms with Crippen molar-refractivity contribution >= 4 is 10.8 Å². The highest BCUT2D eigenvalue weighted by atomic mass is 19.2. The number of halogens is 5. The highest BCUT2D eigenvalue weighted by Gasteiger charge is 2.27. The second-order valence-corrected chi connectivity index (χ2v) is 4.35. The van der Waals surface area contributed by atoms with Crippen LogP contribution in [0.15, 0.2) is 36.7 Å². The maximum absolute atomic E-state index is 13.9. The molecular weight excluding hydrogens is 289 g/mol. The smallest absolute Gasteiger partial charge is 0.200 e. The molecule has 0 saturated heterocycles. The van der Waals surface area contributed by atoms with E-state index < -0.39 is 34.6 Å². The third kappa shape index (κ3) is 1.94. The van der Waals surface area contributed by atoms with E-state index >= 15 is 0 Å². The molecule has 0 aliphatic carbocycles. The van der Waals surface area contributed by atoms with Crippen LogP contribution < -0.4 is 0 Å². The lowest BCUT2D eigenvalue weighted by Crippen LogP contribution is -2.04. The average molecular weight is 295 g/mol. The molecule has 0 amide bonds. The highest BCUT2D eigenvalue weighted by Crippen LogP contribution is 2.35. The van der Waals surface area contributed by atoms with Crippen LogP contribution in [-0.4, -0.2) is 4.98 Å². The SMILES string of the molecule is Fc1c(F)c(F)c(-c2cccc3cnccc23)c(F)c1F. The number of hydrogen-bond donors (Lipinski definition) is 0. The van der Waals surface area contributed by atoms with E-state index in [4.69, 9.17) is 0 Å². The monoisotopic (exact) mass is 295 g/mol. The van der Waals surface area contributed by atoms with Gasteiger partial charge in [0.15, 0.2) is 23.3 Å². The molecule has 6 heteroatoms. The van der Waals surface area contributed by atoms with E-state index in [0.29, 0.717) is 10.8 Å². The lowest BCUT2D eigenvalue weighted by atomic mass is 9.98. The van der Waals surface area contributed by atoms with E-state index in [9.17, 15) is 22.0 Å². The van der Waals surface area contributed by atoms with E-state index in [1.54, 1.807) is 6.07 Å². The summed E-state index contributed by atoms with van der Waals surface area (Å²) in [6.45, 7) is 0. The second kappa shape index (κ2) is 4.80. The van der Waals surface area contributed by atoms with Crippen LogP contribution in [0.1, 0.15) is 0 Å². The van der Waals surface area contributed by atoms with Gasteiger partial charge in [-0.1, -0.05) is 18.2 Å². The Kier molecular flexibility index (Phi) is 3.08. The normalized spacial score (nSPS) is 11.1. The summed E-state index contributed by atoms with van der Waals surface area (Å²) in [7, 11) is 0. The quantitative estimate of drug-likeness (QED) is 0.363. The fourth-order valence-electron chi connectivity index (χ4n) is 2.18. The van der Waals surface area contributed by atoms with Gasteiger partial charge in [-0.3, -0.25) is 4.98 Å². The maximum atomic E-state index is 13.9. The Morgan fingerprint density at radius 3 is 2.00 bits per heavy atom. The van der Waals surface area contributed by atoms with Crippen LogP contribution in [0.5, 0.6) is 0 Å². The zero-order valence-corrected chi connectivity index (χ0v) is 10.3. The highest BCUT2D eigenvalue weighted by molar-refractivity contribution is 5.96. The van der Waals surface area contributed by atoms with Gasteiger partial charge in [-0.2, -0.15) is 0 Å². The van der Waals surface area contributed by atoms with Crippen molar-refractivity contribution in [3.8, 4) is 11.1 Å². The lowest BCUT2D eigenvalue weighted by Gasteiger charge is -2.10. The fourth-order valence-corrected chi connectivity index (χ4v) is 2.18. The number of fused-ring (bicyclic) bond motifs is 1. The predicted molar refractivity (Wildman–Crippen MR) is 67.0 cm³/mol. The molecule has 0 aliphatic rings. The molecule has 0 unspecified atom stereocenters. The van der Waals surface area contributed by atoms with Gasteiger partial charge in [-0.15, -0.1) is 0 Å². The Hall–Kier alpha value is -2.50. The van der Waals surface area contributed by atoms with Crippen LogP contribution in [0.4, 0.5) is 22.0 Å². The first-order valence-electron chi connectivity index (χ1n) is 5.87. The first-order chi connectivity index (χ1) is 10.0. The predicted octanol–water partition coefficient (Wildman–Crippen LogP) is 4.60. The molecule has 1 aromatic heterocycles. The molecule has 21 heavy (non-hydrogen) atoms. The summed E-state index contributed by atoms with van der Waals surface area (Å²) < 4.78 is 67.5. The Bertz CT molecular complexity index is 826. The zero-order chi connectivity index (χ0) is 15.1. The average Bonchev–Trinajstić information content (AvgIpc) is 2.51. The Labute approximate surface area is 115 Å². The van der Waals surface area contributed by atoms with Gasteiger partial charge in [-0.05, 0) is 17.0 Å². The van der Waals surface area contributed by atoms with Crippen molar-refractivity contribution in [3.63, 3.8) is 0 Å². The number of aromatic nitrogens is 1. The molecule has 3 aromatic rings. The van der Waals surface area contributed by atoms with Gasteiger partial charge < -0.3 is 0 Å². The van der Waals surface area contributed by atoms with E-state index in [1.165, 1.54) is 30.6 Å². The van der Waals surface area contributed by atoms with Crippen LogP contribution in [0, 0.1) is 29.1 Å². The van der Waals surface area contributed by atoms with Gasteiger partial charge >= 0.3 is 0 Å². The molecular formula is C15H6F5N. The summed E-state index contributed by atoms with van der Waals surface area (Å²) in [6, 6.07) is 5.82. The van der Waals surface area contributed by atoms with Crippen molar-refractivity contribution in [2.75, 3.05) is 0 Å². The van der Waals surface area contributed by atoms with Gasteiger partial charge in [0.25, 0.3) is 0 Å². The van der Waals surface area contributed by atoms with Crippen molar-refractivity contribution in [2.24, 2.45) is 0 Å². The molecule has 0 atom stereocenters. The third-order valence-corrected chi connectivity index (χ3v) is 3.16. The van der Waals surface area contributed by atoms with Crippen LogP contribution >= 0.6 is 0 Å². The number of hydrogen-bond acceptors (Lipinski definition) is 1. The van der Waals surface area contributed by atoms with Crippen molar-refractivity contribution in [1.82, 2.24) is 4.98 Å².